The maximum absolute atomic E-state index is 12.4. The normalized spacial score (nSPS) is 11.9. The Morgan fingerprint density at radius 1 is 1.14 bits per heavy atom. The van der Waals surface area contributed by atoms with Crippen LogP contribution >= 0.6 is 11.6 Å². The standard InChI is InChI=1S/C20H15ClN2O5/c21-14-4-2-1-3-12(14)10-26-19-9-22-15(8-16(19)24)20(25)23-13-5-6-17-18(7-13)28-11-27-17/h1-9H,10-11H2,(H,22,24)(H,23,25). The van der Waals surface area contributed by atoms with Gasteiger partial charge in [-0.05, 0) is 18.2 Å². The van der Waals surface area contributed by atoms with Crippen LogP contribution in [0.25, 0.3) is 0 Å². The molecule has 0 radical (unpaired) electrons. The van der Waals surface area contributed by atoms with Crippen LogP contribution in [0.2, 0.25) is 5.02 Å². The molecule has 8 heteroatoms. The number of carbonyl (C=O) groups is 1. The largest absolute Gasteiger partial charge is 0.483 e. The van der Waals surface area contributed by atoms with Gasteiger partial charge in [0, 0.05) is 34.6 Å². The fraction of sp³-hybridized carbons (Fsp3) is 0.100. The van der Waals surface area contributed by atoms with E-state index in [9.17, 15) is 9.59 Å². The smallest absolute Gasteiger partial charge is 0.272 e. The summed E-state index contributed by atoms with van der Waals surface area (Å²) in [6, 6.07) is 13.4. The lowest BCUT2D eigenvalue weighted by atomic mass is 10.2. The van der Waals surface area contributed by atoms with E-state index >= 15 is 0 Å². The van der Waals surface area contributed by atoms with Gasteiger partial charge in [-0.25, -0.2) is 0 Å². The predicted octanol–water partition coefficient (Wildman–Crippen LogP) is 3.59. The summed E-state index contributed by atoms with van der Waals surface area (Å²) in [5, 5.41) is 3.25. The van der Waals surface area contributed by atoms with E-state index in [-0.39, 0.29) is 24.8 Å². The fourth-order valence-electron chi connectivity index (χ4n) is 2.65. The van der Waals surface area contributed by atoms with Gasteiger partial charge in [0.2, 0.25) is 12.2 Å². The molecule has 0 fully saturated rings. The average molecular weight is 399 g/mol. The van der Waals surface area contributed by atoms with E-state index in [1.54, 1.807) is 24.3 Å². The summed E-state index contributed by atoms with van der Waals surface area (Å²) >= 11 is 6.07. The van der Waals surface area contributed by atoms with E-state index in [1.165, 1.54) is 12.3 Å². The molecule has 0 unspecified atom stereocenters. The van der Waals surface area contributed by atoms with E-state index in [1.807, 2.05) is 18.2 Å². The molecular weight excluding hydrogens is 384 g/mol. The van der Waals surface area contributed by atoms with E-state index in [0.29, 0.717) is 22.2 Å². The van der Waals surface area contributed by atoms with Crippen molar-refractivity contribution in [3.63, 3.8) is 0 Å². The Morgan fingerprint density at radius 2 is 1.96 bits per heavy atom. The van der Waals surface area contributed by atoms with Crippen molar-refractivity contribution in [2.24, 2.45) is 0 Å². The van der Waals surface area contributed by atoms with E-state index < -0.39 is 11.3 Å². The summed E-state index contributed by atoms with van der Waals surface area (Å²) in [6.07, 6.45) is 1.35. The molecule has 1 aliphatic heterocycles. The van der Waals surface area contributed by atoms with Crippen molar-refractivity contribution in [3.05, 3.63) is 81.2 Å². The number of aromatic amines is 1. The number of ether oxygens (including phenoxy) is 3. The minimum absolute atomic E-state index is 0.0968. The molecule has 1 aromatic heterocycles. The molecule has 28 heavy (non-hydrogen) atoms. The van der Waals surface area contributed by atoms with Gasteiger partial charge in [-0.1, -0.05) is 29.8 Å². The zero-order valence-corrected chi connectivity index (χ0v) is 15.3. The Morgan fingerprint density at radius 3 is 2.79 bits per heavy atom. The Kier molecular flexibility index (Phi) is 4.90. The highest BCUT2D eigenvalue weighted by Gasteiger charge is 2.15. The number of benzene rings is 2. The molecule has 2 aromatic carbocycles. The van der Waals surface area contributed by atoms with E-state index in [0.717, 1.165) is 5.56 Å². The highest BCUT2D eigenvalue weighted by atomic mass is 35.5. The van der Waals surface area contributed by atoms with Gasteiger partial charge < -0.3 is 24.5 Å². The molecule has 1 amide bonds. The van der Waals surface area contributed by atoms with Crippen LogP contribution in [0.15, 0.2) is 59.5 Å². The van der Waals surface area contributed by atoms with Gasteiger partial charge in [0.25, 0.3) is 5.91 Å². The molecule has 4 rings (SSSR count). The van der Waals surface area contributed by atoms with Crippen molar-refractivity contribution in [1.29, 1.82) is 0 Å². The summed E-state index contributed by atoms with van der Waals surface area (Å²) in [6.45, 7) is 0.293. The Balaban J connectivity index is 1.44. The number of pyridine rings is 1. The molecule has 0 bridgehead atoms. The second kappa shape index (κ2) is 7.66. The van der Waals surface area contributed by atoms with Crippen molar-refractivity contribution in [2.75, 3.05) is 12.1 Å². The maximum atomic E-state index is 12.4. The van der Waals surface area contributed by atoms with Gasteiger partial charge in [-0.2, -0.15) is 0 Å². The third-order valence-corrected chi connectivity index (χ3v) is 4.46. The van der Waals surface area contributed by atoms with Crippen LogP contribution in [0, 0.1) is 0 Å². The number of carbonyl (C=O) groups excluding carboxylic acids is 1. The van der Waals surface area contributed by atoms with Gasteiger partial charge >= 0.3 is 0 Å². The van der Waals surface area contributed by atoms with Gasteiger partial charge in [-0.3, -0.25) is 9.59 Å². The fourth-order valence-corrected chi connectivity index (χ4v) is 2.84. The number of anilines is 1. The van der Waals surface area contributed by atoms with Gasteiger partial charge in [0.1, 0.15) is 12.3 Å². The van der Waals surface area contributed by atoms with Crippen molar-refractivity contribution < 1.29 is 19.0 Å². The lowest BCUT2D eigenvalue weighted by Gasteiger charge is -2.09. The first-order chi connectivity index (χ1) is 13.6. The number of amides is 1. The number of H-pyrrole nitrogens is 1. The average Bonchev–Trinajstić information content (AvgIpc) is 3.16. The first kappa shape index (κ1) is 17.9. The van der Waals surface area contributed by atoms with Crippen molar-refractivity contribution in [3.8, 4) is 17.2 Å². The quantitative estimate of drug-likeness (QED) is 0.685. The molecule has 0 atom stereocenters. The van der Waals surface area contributed by atoms with Gasteiger partial charge in [0.15, 0.2) is 17.2 Å². The molecule has 2 N–H and O–H groups in total. The summed E-state index contributed by atoms with van der Waals surface area (Å²) < 4.78 is 16.0. The second-order valence-electron chi connectivity index (χ2n) is 5.98. The molecule has 0 saturated heterocycles. The lowest BCUT2D eigenvalue weighted by molar-refractivity contribution is 0.102. The minimum Gasteiger partial charge on any atom is -0.483 e. The van der Waals surface area contributed by atoms with Crippen molar-refractivity contribution in [1.82, 2.24) is 4.98 Å². The van der Waals surface area contributed by atoms with Crippen LogP contribution in [0.5, 0.6) is 17.2 Å². The molecule has 0 aliphatic carbocycles. The number of hydrogen-bond acceptors (Lipinski definition) is 5. The second-order valence-corrected chi connectivity index (χ2v) is 6.38. The highest BCUT2D eigenvalue weighted by Crippen LogP contribution is 2.34. The molecule has 1 aliphatic rings. The first-order valence-corrected chi connectivity index (χ1v) is 8.78. The number of aromatic nitrogens is 1. The molecule has 142 valence electrons. The first-order valence-electron chi connectivity index (χ1n) is 8.40. The SMILES string of the molecule is O=C(Nc1ccc2c(c1)OCO2)c1cc(=O)c(OCc2ccccc2Cl)c[nH]1. The molecule has 2 heterocycles. The zero-order valence-electron chi connectivity index (χ0n) is 14.5. The molecule has 3 aromatic rings. The monoisotopic (exact) mass is 398 g/mol. The number of hydrogen-bond donors (Lipinski definition) is 2. The van der Waals surface area contributed by atoms with E-state index in [4.69, 9.17) is 25.8 Å². The molecule has 0 saturated carbocycles. The predicted molar refractivity (Wildman–Crippen MR) is 103 cm³/mol. The Labute approximate surface area is 164 Å². The third-order valence-electron chi connectivity index (χ3n) is 4.09. The van der Waals surface area contributed by atoms with Crippen LogP contribution in [0.4, 0.5) is 5.69 Å². The number of rotatable bonds is 5. The Bertz CT molecular complexity index is 1100. The van der Waals surface area contributed by atoms with Crippen LogP contribution in [0.1, 0.15) is 16.1 Å². The Hall–Kier alpha value is -3.45. The molecule has 0 spiro atoms. The highest BCUT2D eigenvalue weighted by molar-refractivity contribution is 6.31. The summed E-state index contributed by atoms with van der Waals surface area (Å²) in [7, 11) is 0. The lowest BCUT2D eigenvalue weighted by Crippen LogP contribution is -2.17. The van der Waals surface area contributed by atoms with Crippen LogP contribution < -0.4 is 25.0 Å². The third kappa shape index (κ3) is 3.79. The van der Waals surface area contributed by atoms with Crippen LogP contribution in [-0.2, 0) is 6.61 Å². The number of halogens is 1. The summed E-state index contributed by atoms with van der Waals surface area (Å²) in [4.78, 5) is 27.4. The van der Waals surface area contributed by atoms with E-state index in [2.05, 4.69) is 10.3 Å². The minimum atomic E-state index is -0.464. The zero-order chi connectivity index (χ0) is 19.5. The van der Waals surface area contributed by atoms with Crippen molar-refractivity contribution >= 4 is 23.2 Å². The van der Waals surface area contributed by atoms with Crippen LogP contribution in [-0.4, -0.2) is 17.7 Å². The number of nitrogens with one attached hydrogen (secondary N) is 2. The summed E-state index contributed by atoms with van der Waals surface area (Å²) in [5.74, 6) is 0.800. The van der Waals surface area contributed by atoms with Crippen molar-refractivity contribution in [2.45, 2.75) is 6.61 Å². The number of fused-ring (bicyclic) bond motifs is 1. The molecular formula is C20H15ClN2O5. The van der Waals surface area contributed by atoms with Gasteiger partial charge in [-0.15, -0.1) is 0 Å². The topological polar surface area (TPSA) is 89.7 Å². The maximum Gasteiger partial charge on any atom is 0.272 e. The van der Waals surface area contributed by atoms with Crippen LogP contribution in [0.3, 0.4) is 0 Å². The molecule has 7 nitrogen and oxygen atoms in total. The summed E-state index contributed by atoms with van der Waals surface area (Å²) in [5.41, 5.74) is 0.969. The van der Waals surface area contributed by atoms with Gasteiger partial charge in [0.05, 0.1) is 0 Å².